The third kappa shape index (κ3) is 5.02. The quantitative estimate of drug-likeness (QED) is 0.309. The van der Waals surface area contributed by atoms with Gasteiger partial charge in [-0.15, -0.1) is 0 Å². The van der Waals surface area contributed by atoms with Gasteiger partial charge in [0.05, 0.1) is 16.4 Å². The second-order valence-corrected chi connectivity index (χ2v) is 13.5. The minimum Gasteiger partial charge on any atom is -0.462 e. The number of sulfonamides is 1. The lowest BCUT2D eigenvalue weighted by Crippen LogP contribution is -2.37. The fourth-order valence-corrected chi connectivity index (χ4v) is 8.33. The maximum absolute atomic E-state index is 13.5. The molecule has 2 bridgehead atoms. The maximum Gasteiger partial charge on any atom is 0.341 e. The topological polar surface area (TPSA) is 136 Å². The van der Waals surface area contributed by atoms with Gasteiger partial charge in [-0.2, -0.15) is 4.31 Å². The molecule has 1 aliphatic carbocycles. The number of rotatable bonds is 7. The number of carbonyl (C=O) groups excluding carboxylic acids is 2. The lowest BCUT2D eigenvalue weighted by Gasteiger charge is -2.39. The molecule has 2 heterocycles. The molecule has 12 heteroatoms. The van der Waals surface area contributed by atoms with E-state index in [1.807, 2.05) is 0 Å². The van der Waals surface area contributed by atoms with Gasteiger partial charge in [-0.1, -0.05) is 20.8 Å². The SMILES string of the molecule is CCOC(=O)c1cc([N+](=O)[O-])sc1NC(=O)c1ccc(S(=O)(=O)N2C[C@@]3(C)C[C@@H]2CC(C)(C)C3)cc1. The van der Waals surface area contributed by atoms with E-state index in [4.69, 9.17) is 4.74 Å². The van der Waals surface area contributed by atoms with Crippen LogP contribution in [0.1, 0.15) is 67.7 Å². The first-order chi connectivity index (χ1) is 16.7. The van der Waals surface area contributed by atoms with Gasteiger partial charge in [0.1, 0.15) is 10.6 Å². The van der Waals surface area contributed by atoms with Crippen molar-refractivity contribution in [2.45, 2.75) is 57.9 Å². The summed E-state index contributed by atoms with van der Waals surface area (Å²) in [7, 11) is -3.75. The Hall–Kier alpha value is -2.83. The third-order valence-corrected chi connectivity index (χ3v) is 9.63. The molecule has 1 N–H and O–H groups in total. The Morgan fingerprint density at radius 3 is 2.50 bits per heavy atom. The predicted octanol–water partition coefficient (Wildman–Crippen LogP) is 4.67. The van der Waals surface area contributed by atoms with Crippen LogP contribution in [0.5, 0.6) is 0 Å². The number of nitro groups is 1. The van der Waals surface area contributed by atoms with Gasteiger partial charge in [-0.05, 0) is 72.6 Å². The van der Waals surface area contributed by atoms with Gasteiger partial charge >= 0.3 is 11.0 Å². The normalized spacial score (nSPS) is 23.3. The summed E-state index contributed by atoms with van der Waals surface area (Å²) in [5, 5.41) is 13.3. The van der Waals surface area contributed by atoms with E-state index in [2.05, 4.69) is 26.1 Å². The summed E-state index contributed by atoms with van der Waals surface area (Å²) in [4.78, 5) is 35.6. The number of nitrogens with one attached hydrogen (secondary N) is 1. The average Bonchev–Trinajstić information content (AvgIpc) is 3.31. The molecule has 0 unspecified atom stereocenters. The summed E-state index contributed by atoms with van der Waals surface area (Å²) in [5.41, 5.74) is 0.0494. The van der Waals surface area contributed by atoms with Crippen LogP contribution in [0, 0.1) is 20.9 Å². The Morgan fingerprint density at radius 1 is 1.22 bits per heavy atom. The second-order valence-electron chi connectivity index (χ2n) is 10.5. The van der Waals surface area contributed by atoms with E-state index in [9.17, 15) is 28.1 Å². The number of thiophene rings is 1. The van der Waals surface area contributed by atoms with E-state index in [-0.39, 0.29) is 49.5 Å². The number of nitrogens with zero attached hydrogens (tertiary/aromatic N) is 2. The molecule has 194 valence electrons. The van der Waals surface area contributed by atoms with Crippen LogP contribution in [0.2, 0.25) is 0 Å². The monoisotopic (exact) mass is 535 g/mol. The number of fused-ring (bicyclic) bond motifs is 2. The largest absolute Gasteiger partial charge is 0.462 e. The summed E-state index contributed by atoms with van der Waals surface area (Å²) < 4.78 is 33.5. The fraction of sp³-hybridized carbons (Fsp3) is 0.500. The van der Waals surface area contributed by atoms with E-state index >= 15 is 0 Å². The number of anilines is 1. The van der Waals surface area contributed by atoms with Crippen molar-refractivity contribution >= 4 is 43.2 Å². The van der Waals surface area contributed by atoms with Crippen LogP contribution in [-0.4, -0.2) is 48.7 Å². The van der Waals surface area contributed by atoms with Crippen LogP contribution in [0.3, 0.4) is 0 Å². The van der Waals surface area contributed by atoms with Crippen molar-refractivity contribution in [3.05, 3.63) is 51.6 Å². The molecule has 1 saturated carbocycles. The molecule has 1 aromatic heterocycles. The zero-order chi connectivity index (χ0) is 26.5. The Kier molecular flexibility index (Phi) is 6.73. The van der Waals surface area contributed by atoms with Gasteiger partial charge in [0.15, 0.2) is 0 Å². The zero-order valence-electron chi connectivity index (χ0n) is 20.6. The van der Waals surface area contributed by atoms with Crippen molar-refractivity contribution in [2.24, 2.45) is 10.8 Å². The van der Waals surface area contributed by atoms with Crippen LogP contribution in [0.15, 0.2) is 35.2 Å². The van der Waals surface area contributed by atoms with Crippen LogP contribution in [-0.2, 0) is 14.8 Å². The smallest absolute Gasteiger partial charge is 0.341 e. The maximum atomic E-state index is 13.5. The second kappa shape index (κ2) is 9.24. The molecule has 1 amide bonds. The van der Waals surface area contributed by atoms with E-state index < -0.39 is 26.8 Å². The first-order valence-corrected chi connectivity index (χ1v) is 13.9. The van der Waals surface area contributed by atoms with Crippen LogP contribution in [0.4, 0.5) is 10.0 Å². The molecule has 2 aromatic rings. The number of amides is 1. The molecule has 36 heavy (non-hydrogen) atoms. The van der Waals surface area contributed by atoms with Gasteiger partial charge in [0, 0.05) is 24.2 Å². The van der Waals surface area contributed by atoms with Gasteiger partial charge in [0.2, 0.25) is 10.0 Å². The Bertz CT molecular complexity index is 1320. The fourth-order valence-electron chi connectivity index (χ4n) is 5.70. The molecule has 10 nitrogen and oxygen atoms in total. The number of hydrogen-bond acceptors (Lipinski definition) is 8. The molecular formula is C24H29N3O7S2. The molecule has 4 rings (SSSR count). The van der Waals surface area contributed by atoms with Crippen molar-refractivity contribution in [3.63, 3.8) is 0 Å². The van der Waals surface area contributed by atoms with Crippen LogP contribution in [0.25, 0.3) is 0 Å². The summed E-state index contributed by atoms with van der Waals surface area (Å²) >= 11 is 0.643. The summed E-state index contributed by atoms with van der Waals surface area (Å²) in [6.45, 7) is 8.64. The van der Waals surface area contributed by atoms with Gasteiger partial charge in [-0.25, -0.2) is 13.2 Å². The van der Waals surface area contributed by atoms with Crippen molar-refractivity contribution < 1.29 is 27.7 Å². The lowest BCUT2D eigenvalue weighted by molar-refractivity contribution is -0.380. The zero-order valence-corrected chi connectivity index (χ0v) is 22.2. The predicted molar refractivity (Wildman–Crippen MR) is 135 cm³/mol. The number of hydrogen-bond donors (Lipinski definition) is 1. The van der Waals surface area contributed by atoms with Crippen molar-refractivity contribution in [1.29, 1.82) is 0 Å². The van der Waals surface area contributed by atoms with Crippen LogP contribution < -0.4 is 5.32 Å². The number of esters is 1. The van der Waals surface area contributed by atoms with E-state index in [1.54, 1.807) is 11.2 Å². The summed E-state index contributed by atoms with van der Waals surface area (Å²) in [6.07, 6.45) is 2.61. The van der Waals surface area contributed by atoms with Crippen LogP contribution >= 0.6 is 11.3 Å². The lowest BCUT2D eigenvalue weighted by atomic mass is 9.65. The molecule has 1 aliphatic heterocycles. The van der Waals surface area contributed by atoms with Gasteiger partial charge in [-0.3, -0.25) is 14.9 Å². The molecule has 1 aromatic carbocycles. The molecule has 2 fully saturated rings. The first-order valence-electron chi connectivity index (χ1n) is 11.6. The standard InChI is InChI=1S/C24H29N3O7S2/c1-5-34-22(29)18-10-19(27(30)31)35-21(18)25-20(28)15-6-8-17(9-7-15)36(32,33)26-14-24(4)12-16(26)11-23(2,3)13-24/h6-10,16H,5,11-14H2,1-4H3,(H,25,28)/t16-,24-/m0/s1. The minimum absolute atomic E-state index is 0.0120. The molecule has 0 radical (unpaired) electrons. The van der Waals surface area contributed by atoms with E-state index in [0.717, 1.165) is 25.3 Å². The highest BCUT2D eigenvalue weighted by Crippen LogP contribution is 2.53. The van der Waals surface area contributed by atoms with Crippen molar-refractivity contribution in [1.82, 2.24) is 4.31 Å². The van der Waals surface area contributed by atoms with Crippen molar-refractivity contribution in [2.75, 3.05) is 18.5 Å². The van der Waals surface area contributed by atoms with E-state index in [1.165, 1.54) is 24.3 Å². The average molecular weight is 536 g/mol. The van der Waals surface area contributed by atoms with Crippen molar-refractivity contribution in [3.8, 4) is 0 Å². The summed E-state index contributed by atoms with van der Waals surface area (Å²) in [5.74, 6) is -1.42. The minimum atomic E-state index is -3.75. The van der Waals surface area contributed by atoms with Gasteiger partial charge < -0.3 is 10.1 Å². The third-order valence-electron chi connectivity index (χ3n) is 6.71. The Morgan fingerprint density at radius 2 is 1.89 bits per heavy atom. The number of ether oxygens (including phenoxy) is 1. The molecular weight excluding hydrogens is 506 g/mol. The summed E-state index contributed by atoms with van der Waals surface area (Å²) in [6, 6.07) is 6.57. The highest BCUT2D eigenvalue weighted by molar-refractivity contribution is 7.89. The molecule has 0 spiro atoms. The Balaban J connectivity index is 1.54. The molecule has 1 saturated heterocycles. The number of carbonyl (C=O) groups is 2. The molecule has 2 aliphatic rings. The Labute approximate surface area is 213 Å². The highest BCUT2D eigenvalue weighted by atomic mass is 32.2. The molecule has 2 atom stereocenters. The van der Waals surface area contributed by atoms with E-state index in [0.29, 0.717) is 17.9 Å². The number of benzene rings is 1. The highest BCUT2D eigenvalue weighted by Gasteiger charge is 2.53. The first kappa shape index (κ1) is 26.2. The van der Waals surface area contributed by atoms with Gasteiger partial charge in [0.25, 0.3) is 5.91 Å².